The molecule has 0 aliphatic carbocycles. The highest BCUT2D eigenvalue weighted by Crippen LogP contribution is 2.18. The summed E-state index contributed by atoms with van der Waals surface area (Å²) in [6, 6.07) is 0. The zero-order valence-corrected chi connectivity index (χ0v) is 7.38. The number of esters is 1. The highest BCUT2D eigenvalue weighted by Gasteiger charge is 2.30. The number of nitrogens with one attached hydrogen (secondary N) is 1. The largest absolute Gasteiger partial charge is 0.469 e. The summed E-state index contributed by atoms with van der Waals surface area (Å²) in [5.41, 5.74) is 5.55. The Morgan fingerprint density at radius 1 is 1.75 bits per heavy atom. The topological polar surface area (TPSA) is 64.3 Å². The van der Waals surface area contributed by atoms with Crippen molar-refractivity contribution >= 4 is 5.97 Å². The van der Waals surface area contributed by atoms with Crippen LogP contribution in [0.4, 0.5) is 0 Å². The van der Waals surface area contributed by atoms with E-state index >= 15 is 0 Å². The molecule has 1 rings (SSSR count). The number of rotatable bonds is 2. The van der Waals surface area contributed by atoms with Gasteiger partial charge in [0.15, 0.2) is 0 Å². The van der Waals surface area contributed by atoms with Gasteiger partial charge in [0, 0.05) is 6.54 Å². The van der Waals surface area contributed by atoms with Crippen molar-refractivity contribution in [3.05, 3.63) is 0 Å². The third-order valence-electron chi connectivity index (χ3n) is 2.43. The zero-order chi connectivity index (χ0) is 8.97. The van der Waals surface area contributed by atoms with E-state index in [9.17, 15) is 4.79 Å². The molecule has 0 aromatic rings. The van der Waals surface area contributed by atoms with Gasteiger partial charge in [-0.15, -0.1) is 0 Å². The van der Waals surface area contributed by atoms with Gasteiger partial charge in [0.25, 0.3) is 0 Å². The van der Waals surface area contributed by atoms with E-state index in [0.29, 0.717) is 19.0 Å². The molecule has 3 N–H and O–H groups in total. The molecule has 1 aliphatic rings. The van der Waals surface area contributed by atoms with E-state index in [2.05, 4.69) is 10.1 Å². The quantitative estimate of drug-likeness (QED) is 0.543. The molecule has 12 heavy (non-hydrogen) atoms. The van der Waals surface area contributed by atoms with E-state index in [1.165, 1.54) is 7.11 Å². The fourth-order valence-corrected chi connectivity index (χ4v) is 1.62. The molecule has 4 heteroatoms. The Morgan fingerprint density at radius 3 is 3.08 bits per heavy atom. The van der Waals surface area contributed by atoms with Crippen LogP contribution in [0.5, 0.6) is 0 Å². The van der Waals surface area contributed by atoms with Crippen molar-refractivity contribution in [2.45, 2.75) is 6.42 Å². The predicted molar refractivity (Wildman–Crippen MR) is 45.5 cm³/mol. The van der Waals surface area contributed by atoms with Crippen molar-refractivity contribution in [3.8, 4) is 0 Å². The molecule has 0 radical (unpaired) electrons. The van der Waals surface area contributed by atoms with Gasteiger partial charge < -0.3 is 15.8 Å². The van der Waals surface area contributed by atoms with Crippen LogP contribution in [-0.4, -0.2) is 32.7 Å². The van der Waals surface area contributed by atoms with E-state index < -0.39 is 0 Å². The molecule has 0 amide bonds. The maximum atomic E-state index is 11.2. The summed E-state index contributed by atoms with van der Waals surface area (Å²) in [6.45, 7) is 2.23. The lowest BCUT2D eigenvalue weighted by molar-refractivity contribution is -0.147. The molecule has 70 valence electrons. The Bertz CT molecular complexity index is 161. The van der Waals surface area contributed by atoms with Crippen LogP contribution in [0.15, 0.2) is 0 Å². The van der Waals surface area contributed by atoms with Crippen molar-refractivity contribution in [2.75, 3.05) is 26.7 Å². The van der Waals surface area contributed by atoms with Gasteiger partial charge in [-0.3, -0.25) is 4.79 Å². The van der Waals surface area contributed by atoms with Gasteiger partial charge in [-0.1, -0.05) is 0 Å². The molecular weight excluding hydrogens is 156 g/mol. The SMILES string of the molecule is COC(=O)[C@H]1CNCC[C@@H]1CN. The zero-order valence-electron chi connectivity index (χ0n) is 7.38. The fourth-order valence-electron chi connectivity index (χ4n) is 1.62. The summed E-state index contributed by atoms with van der Waals surface area (Å²) in [5.74, 6) is 0.102. The number of ether oxygens (including phenoxy) is 1. The van der Waals surface area contributed by atoms with E-state index in [1.807, 2.05) is 0 Å². The Labute approximate surface area is 72.5 Å². The average molecular weight is 172 g/mol. The van der Waals surface area contributed by atoms with E-state index in [1.54, 1.807) is 0 Å². The van der Waals surface area contributed by atoms with Gasteiger partial charge in [0.2, 0.25) is 0 Å². The number of carbonyl (C=O) groups is 1. The molecule has 1 saturated heterocycles. The summed E-state index contributed by atoms with van der Waals surface area (Å²) in [6.07, 6.45) is 0.969. The second-order valence-electron chi connectivity index (χ2n) is 3.12. The molecule has 0 saturated carbocycles. The Kier molecular flexibility index (Phi) is 3.49. The Morgan fingerprint density at radius 2 is 2.50 bits per heavy atom. The van der Waals surface area contributed by atoms with E-state index in [-0.39, 0.29) is 11.9 Å². The smallest absolute Gasteiger partial charge is 0.310 e. The van der Waals surface area contributed by atoms with Crippen LogP contribution in [-0.2, 0) is 9.53 Å². The second kappa shape index (κ2) is 4.42. The minimum atomic E-state index is -0.141. The number of hydrogen-bond donors (Lipinski definition) is 2. The lowest BCUT2D eigenvalue weighted by atomic mass is 9.86. The Balaban J connectivity index is 2.52. The highest BCUT2D eigenvalue weighted by atomic mass is 16.5. The lowest BCUT2D eigenvalue weighted by Gasteiger charge is -2.28. The van der Waals surface area contributed by atoms with Crippen LogP contribution in [0.25, 0.3) is 0 Å². The average Bonchev–Trinajstić information content (AvgIpc) is 2.16. The first-order chi connectivity index (χ1) is 5.79. The molecule has 0 aromatic carbocycles. The normalized spacial score (nSPS) is 29.8. The molecule has 1 fully saturated rings. The highest BCUT2D eigenvalue weighted by molar-refractivity contribution is 5.73. The first kappa shape index (κ1) is 9.48. The number of piperidine rings is 1. The van der Waals surface area contributed by atoms with Crippen molar-refractivity contribution in [2.24, 2.45) is 17.6 Å². The van der Waals surface area contributed by atoms with Crippen LogP contribution in [0, 0.1) is 11.8 Å². The number of carbonyl (C=O) groups excluding carboxylic acids is 1. The monoisotopic (exact) mass is 172 g/mol. The molecule has 0 aromatic heterocycles. The van der Waals surface area contributed by atoms with Gasteiger partial charge in [-0.05, 0) is 25.4 Å². The van der Waals surface area contributed by atoms with Crippen molar-refractivity contribution in [3.63, 3.8) is 0 Å². The van der Waals surface area contributed by atoms with Gasteiger partial charge in [0.1, 0.15) is 0 Å². The van der Waals surface area contributed by atoms with Gasteiger partial charge in [-0.2, -0.15) is 0 Å². The number of nitrogens with two attached hydrogens (primary N) is 1. The molecule has 1 aliphatic heterocycles. The Hall–Kier alpha value is -0.610. The van der Waals surface area contributed by atoms with Gasteiger partial charge in [0.05, 0.1) is 13.0 Å². The predicted octanol–water partition coefficient (Wildman–Crippen LogP) is -0.656. The standard InChI is InChI=1S/C8H16N2O2/c1-12-8(11)7-5-10-3-2-6(7)4-9/h6-7,10H,2-5,9H2,1H3/t6-,7+/m1/s1. The van der Waals surface area contributed by atoms with Crippen LogP contribution in [0.3, 0.4) is 0 Å². The third kappa shape index (κ3) is 1.95. The van der Waals surface area contributed by atoms with Crippen molar-refractivity contribution in [1.29, 1.82) is 0 Å². The molecule has 1 heterocycles. The molecular formula is C8H16N2O2. The summed E-state index contributed by atoms with van der Waals surface area (Å²) >= 11 is 0. The number of hydrogen-bond acceptors (Lipinski definition) is 4. The molecule has 4 nitrogen and oxygen atoms in total. The number of methoxy groups -OCH3 is 1. The molecule has 0 bridgehead atoms. The molecule has 2 atom stereocenters. The maximum Gasteiger partial charge on any atom is 0.310 e. The van der Waals surface area contributed by atoms with Crippen molar-refractivity contribution in [1.82, 2.24) is 5.32 Å². The summed E-state index contributed by atoms with van der Waals surface area (Å²) in [7, 11) is 1.42. The first-order valence-electron chi connectivity index (χ1n) is 4.28. The minimum Gasteiger partial charge on any atom is -0.469 e. The van der Waals surface area contributed by atoms with Gasteiger partial charge in [-0.25, -0.2) is 0 Å². The van der Waals surface area contributed by atoms with E-state index in [0.717, 1.165) is 13.0 Å². The summed E-state index contributed by atoms with van der Waals surface area (Å²) < 4.78 is 4.69. The van der Waals surface area contributed by atoms with Crippen LogP contribution >= 0.6 is 0 Å². The van der Waals surface area contributed by atoms with Crippen LogP contribution < -0.4 is 11.1 Å². The first-order valence-corrected chi connectivity index (χ1v) is 4.28. The summed E-state index contributed by atoms with van der Waals surface area (Å²) in [5, 5.41) is 3.16. The van der Waals surface area contributed by atoms with Gasteiger partial charge >= 0.3 is 5.97 Å². The maximum absolute atomic E-state index is 11.2. The van der Waals surface area contributed by atoms with E-state index in [4.69, 9.17) is 5.73 Å². The van der Waals surface area contributed by atoms with Crippen LogP contribution in [0.2, 0.25) is 0 Å². The lowest BCUT2D eigenvalue weighted by Crippen LogP contribution is -2.44. The third-order valence-corrected chi connectivity index (χ3v) is 2.43. The van der Waals surface area contributed by atoms with Crippen LogP contribution in [0.1, 0.15) is 6.42 Å². The molecule has 0 spiro atoms. The molecule has 0 unspecified atom stereocenters. The second-order valence-corrected chi connectivity index (χ2v) is 3.12. The summed E-state index contributed by atoms with van der Waals surface area (Å²) in [4.78, 5) is 11.2. The minimum absolute atomic E-state index is 0.0475. The van der Waals surface area contributed by atoms with Crippen molar-refractivity contribution < 1.29 is 9.53 Å². The fraction of sp³-hybridized carbons (Fsp3) is 0.875.